The number of benzene rings is 7. The van der Waals surface area contributed by atoms with E-state index in [4.69, 9.17) is 14.4 Å². The number of aromatic nitrogens is 3. The highest BCUT2D eigenvalue weighted by Crippen LogP contribution is 2.43. The number of hydrogen-bond acceptors (Lipinski definition) is 4. The Morgan fingerprint density at radius 2 is 1.12 bits per heavy atom. The van der Waals surface area contributed by atoms with Crippen LogP contribution in [0.3, 0.4) is 0 Å². The molecule has 0 aliphatic carbocycles. The van der Waals surface area contributed by atoms with Crippen molar-refractivity contribution in [2.45, 2.75) is 0 Å². The van der Waals surface area contributed by atoms with Crippen LogP contribution < -0.4 is 0 Å². The molecule has 11 aromatic rings. The molecular weight excluding hydrogens is 643 g/mol. The molecular formula is C46H27N3OS. The summed E-state index contributed by atoms with van der Waals surface area (Å²) in [7, 11) is 0. The van der Waals surface area contributed by atoms with E-state index in [0.29, 0.717) is 5.82 Å². The van der Waals surface area contributed by atoms with E-state index in [1.54, 1.807) is 11.3 Å². The van der Waals surface area contributed by atoms with Crippen LogP contribution in [0.15, 0.2) is 168 Å². The lowest BCUT2D eigenvalue weighted by Crippen LogP contribution is -1.96. The van der Waals surface area contributed by atoms with Gasteiger partial charge < -0.3 is 8.98 Å². The molecule has 4 aromatic heterocycles. The van der Waals surface area contributed by atoms with Crippen LogP contribution in [0.4, 0.5) is 0 Å². The van der Waals surface area contributed by atoms with E-state index in [2.05, 4.69) is 150 Å². The number of para-hydroxylation sites is 4. The molecule has 238 valence electrons. The van der Waals surface area contributed by atoms with Crippen LogP contribution in [0.25, 0.3) is 104 Å². The molecule has 4 nitrogen and oxygen atoms in total. The predicted octanol–water partition coefficient (Wildman–Crippen LogP) is 12.8. The Morgan fingerprint density at radius 1 is 0.471 bits per heavy atom. The zero-order valence-electron chi connectivity index (χ0n) is 27.2. The maximum absolute atomic E-state index is 6.47. The Morgan fingerprint density at radius 3 is 1.92 bits per heavy atom. The van der Waals surface area contributed by atoms with Crippen LogP contribution in [0.1, 0.15) is 0 Å². The highest BCUT2D eigenvalue weighted by Gasteiger charge is 2.19. The summed E-state index contributed by atoms with van der Waals surface area (Å²) < 4.78 is 11.3. The van der Waals surface area contributed by atoms with E-state index in [1.807, 2.05) is 18.2 Å². The van der Waals surface area contributed by atoms with Crippen LogP contribution in [0.5, 0.6) is 0 Å². The van der Waals surface area contributed by atoms with Crippen molar-refractivity contribution in [1.29, 1.82) is 0 Å². The third kappa shape index (κ3) is 4.32. The van der Waals surface area contributed by atoms with Crippen molar-refractivity contribution < 1.29 is 4.42 Å². The normalized spacial score (nSPS) is 11.9. The molecule has 0 bridgehead atoms. The first-order valence-corrected chi connectivity index (χ1v) is 17.9. The first-order chi connectivity index (χ1) is 25.3. The van der Waals surface area contributed by atoms with Gasteiger partial charge in [0.2, 0.25) is 0 Å². The van der Waals surface area contributed by atoms with E-state index in [1.165, 1.54) is 42.0 Å². The van der Waals surface area contributed by atoms with Crippen LogP contribution in [0.2, 0.25) is 0 Å². The lowest BCUT2D eigenvalue weighted by Gasteiger charge is -2.10. The summed E-state index contributed by atoms with van der Waals surface area (Å²) in [5, 5.41) is 7.13. The Balaban J connectivity index is 1.13. The summed E-state index contributed by atoms with van der Waals surface area (Å²) in [6.45, 7) is 0. The van der Waals surface area contributed by atoms with Crippen molar-refractivity contribution in [1.82, 2.24) is 14.5 Å². The number of fused-ring (bicyclic) bond motifs is 9. The molecule has 0 saturated heterocycles. The van der Waals surface area contributed by atoms with Gasteiger partial charge in [-0.1, -0.05) is 115 Å². The maximum atomic E-state index is 6.47. The summed E-state index contributed by atoms with van der Waals surface area (Å²) in [6, 6.07) is 57.6. The molecule has 0 spiro atoms. The molecule has 0 radical (unpaired) electrons. The molecule has 0 amide bonds. The van der Waals surface area contributed by atoms with Gasteiger partial charge in [-0.3, -0.25) is 0 Å². The number of nitrogens with zero attached hydrogens (tertiary/aromatic N) is 3. The molecule has 0 N–H and O–H groups in total. The summed E-state index contributed by atoms with van der Waals surface area (Å²) in [5.41, 5.74) is 9.97. The van der Waals surface area contributed by atoms with Gasteiger partial charge in [0.25, 0.3) is 0 Å². The first-order valence-electron chi connectivity index (χ1n) is 17.1. The van der Waals surface area contributed by atoms with Gasteiger partial charge >= 0.3 is 0 Å². The van der Waals surface area contributed by atoms with Crippen LogP contribution in [-0.2, 0) is 0 Å². The third-order valence-electron chi connectivity index (χ3n) is 10.0. The fraction of sp³-hybridized carbons (Fsp3) is 0. The van der Waals surface area contributed by atoms with E-state index < -0.39 is 0 Å². The molecule has 5 heteroatoms. The van der Waals surface area contributed by atoms with Crippen molar-refractivity contribution in [2.75, 3.05) is 0 Å². The number of rotatable bonds is 4. The Bertz CT molecular complexity index is 3100. The maximum Gasteiger partial charge on any atom is 0.161 e. The van der Waals surface area contributed by atoms with Gasteiger partial charge in [-0.05, 0) is 48.5 Å². The minimum absolute atomic E-state index is 0.694. The smallest absolute Gasteiger partial charge is 0.161 e. The second-order valence-corrected chi connectivity index (χ2v) is 14.0. The van der Waals surface area contributed by atoms with E-state index in [9.17, 15) is 0 Å². The standard InChI is InChI=1S/C46H27N3OS/c1-2-12-28(13-3-1)38-27-39(36-19-10-17-34-32-16-6-9-23-42(32)50-44(34)36)48-46(47-38)37-20-11-18-35-33-25-24-29(26-43(33)51-45(35)37)49-40-21-7-4-14-30(40)31-15-5-8-22-41(31)49/h1-27H. The molecule has 0 fully saturated rings. The van der Waals surface area contributed by atoms with Crippen molar-refractivity contribution in [2.24, 2.45) is 0 Å². The summed E-state index contributed by atoms with van der Waals surface area (Å²) in [5.74, 6) is 0.694. The lowest BCUT2D eigenvalue weighted by molar-refractivity contribution is 0.670. The fourth-order valence-electron chi connectivity index (χ4n) is 7.71. The Hall–Kier alpha value is -6.56. The van der Waals surface area contributed by atoms with Gasteiger partial charge in [-0.15, -0.1) is 11.3 Å². The first kappa shape index (κ1) is 28.3. The van der Waals surface area contributed by atoms with Gasteiger partial charge in [0.1, 0.15) is 11.2 Å². The van der Waals surface area contributed by atoms with E-state index in [0.717, 1.165) is 55.7 Å². The van der Waals surface area contributed by atoms with Gasteiger partial charge in [-0.2, -0.15) is 0 Å². The fourth-order valence-corrected chi connectivity index (χ4v) is 8.96. The zero-order valence-corrected chi connectivity index (χ0v) is 28.1. The molecule has 7 aromatic carbocycles. The minimum atomic E-state index is 0.694. The summed E-state index contributed by atoms with van der Waals surface area (Å²) in [4.78, 5) is 10.5. The molecule has 51 heavy (non-hydrogen) atoms. The average molecular weight is 670 g/mol. The molecule has 4 heterocycles. The SMILES string of the molecule is c1ccc(-c2cc(-c3cccc4c3oc3ccccc34)nc(-c3cccc4c3sc3cc(-n5c6ccccc6c6ccccc65)ccc34)n2)cc1. The van der Waals surface area contributed by atoms with E-state index >= 15 is 0 Å². The van der Waals surface area contributed by atoms with Crippen molar-refractivity contribution in [3.8, 4) is 39.6 Å². The Labute approximate surface area is 296 Å². The highest BCUT2D eigenvalue weighted by atomic mass is 32.1. The average Bonchev–Trinajstić information content (AvgIpc) is 3.87. The van der Waals surface area contributed by atoms with E-state index in [-0.39, 0.29) is 0 Å². The lowest BCUT2D eigenvalue weighted by atomic mass is 10.0. The molecule has 0 aliphatic heterocycles. The van der Waals surface area contributed by atoms with Crippen molar-refractivity contribution in [3.05, 3.63) is 164 Å². The summed E-state index contributed by atoms with van der Waals surface area (Å²) in [6.07, 6.45) is 0. The molecule has 0 atom stereocenters. The number of hydrogen-bond donors (Lipinski definition) is 0. The minimum Gasteiger partial charge on any atom is -0.455 e. The second-order valence-electron chi connectivity index (χ2n) is 12.9. The highest BCUT2D eigenvalue weighted by molar-refractivity contribution is 7.26. The molecule has 0 unspecified atom stereocenters. The van der Waals surface area contributed by atoms with Gasteiger partial charge in [0.15, 0.2) is 5.82 Å². The molecule has 11 rings (SSSR count). The van der Waals surface area contributed by atoms with Crippen molar-refractivity contribution in [3.63, 3.8) is 0 Å². The van der Waals surface area contributed by atoms with Crippen LogP contribution in [-0.4, -0.2) is 14.5 Å². The molecule has 0 saturated carbocycles. The monoisotopic (exact) mass is 669 g/mol. The van der Waals surface area contributed by atoms with Gasteiger partial charge in [-0.25, -0.2) is 9.97 Å². The van der Waals surface area contributed by atoms with Crippen LogP contribution >= 0.6 is 11.3 Å². The van der Waals surface area contributed by atoms with Crippen LogP contribution in [0, 0.1) is 0 Å². The quantitative estimate of drug-likeness (QED) is 0.187. The third-order valence-corrected chi connectivity index (χ3v) is 11.2. The number of furan rings is 1. The zero-order chi connectivity index (χ0) is 33.5. The second kappa shape index (κ2) is 11.0. The number of thiophene rings is 1. The molecule has 0 aliphatic rings. The van der Waals surface area contributed by atoms with Crippen molar-refractivity contribution >= 4 is 75.3 Å². The Kier molecular flexibility index (Phi) is 6.09. The largest absolute Gasteiger partial charge is 0.455 e. The summed E-state index contributed by atoms with van der Waals surface area (Å²) >= 11 is 1.80. The van der Waals surface area contributed by atoms with Gasteiger partial charge in [0.05, 0.1) is 22.4 Å². The van der Waals surface area contributed by atoms with Gasteiger partial charge in [0, 0.05) is 64.1 Å². The topological polar surface area (TPSA) is 43.9 Å². The predicted molar refractivity (Wildman–Crippen MR) is 213 cm³/mol.